The summed E-state index contributed by atoms with van der Waals surface area (Å²) in [4.78, 5) is 14.2. The standard InChI is InChI=1S/C16H18ClFN2O2S/c17-14-12-3-2-11(18)10-13(12)23-15(14)16(21)19-4-1-5-20-6-8-22-9-7-20/h2-3,10H,1,4-9H2,(H,19,21)/p+1. The number of rotatable bonds is 5. The van der Waals surface area contributed by atoms with Gasteiger partial charge in [0.15, 0.2) is 0 Å². The molecule has 4 nitrogen and oxygen atoms in total. The van der Waals surface area contributed by atoms with Crippen molar-refractivity contribution in [1.82, 2.24) is 5.32 Å². The maximum absolute atomic E-state index is 13.3. The van der Waals surface area contributed by atoms with E-state index in [1.54, 1.807) is 6.07 Å². The van der Waals surface area contributed by atoms with Crippen molar-refractivity contribution >= 4 is 38.9 Å². The van der Waals surface area contributed by atoms with E-state index < -0.39 is 0 Å². The maximum Gasteiger partial charge on any atom is 0.262 e. The lowest BCUT2D eigenvalue weighted by Crippen LogP contribution is -3.14. The third-order valence-corrected chi connectivity index (χ3v) is 5.65. The number of hydrogen-bond donors (Lipinski definition) is 2. The summed E-state index contributed by atoms with van der Waals surface area (Å²) in [5.74, 6) is -0.510. The lowest BCUT2D eigenvalue weighted by atomic mass is 10.2. The van der Waals surface area contributed by atoms with Crippen molar-refractivity contribution in [3.05, 3.63) is 33.9 Å². The number of hydrogen-bond acceptors (Lipinski definition) is 3. The molecular weight excluding hydrogens is 339 g/mol. The zero-order chi connectivity index (χ0) is 16.2. The zero-order valence-corrected chi connectivity index (χ0v) is 14.2. The molecule has 23 heavy (non-hydrogen) atoms. The van der Waals surface area contributed by atoms with E-state index in [1.165, 1.54) is 28.4 Å². The molecule has 0 bridgehead atoms. The van der Waals surface area contributed by atoms with Gasteiger partial charge >= 0.3 is 0 Å². The Kier molecular flexibility index (Phi) is 5.48. The average Bonchev–Trinajstić information content (AvgIpc) is 2.88. The summed E-state index contributed by atoms with van der Waals surface area (Å²) in [5, 5.41) is 4.03. The van der Waals surface area contributed by atoms with Gasteiger partial charge in [0.25, 0.3) is 5.91 Å². The summed E-state index contributed by atoms with van der Waals surface area (Å²) in [6, 6.07) is 4.38. The van der Waals surface area contributed by atoms with Crippen LogP contribution in [0.3, 0.4) is 0 Å². The largest absolute Gasteiger partial charge is 0.370 e. The van der Waals surface area contributed by atoms with E-state index in [-0.39, 0.29) is 11.7 Å². The van der Waals surface area contributed by atoms with E-state index in [1.807, 2.05) is 0 Å². The number of carbonyl (C=O) groups excluding carboxylic acids is 1. The Morgan fingerprint density at radius 2 is 2.17 bits per heavy atom. The van der Waals surface area contributed by atoms with Gasteiger partial charge in [0.2, 0.25) is 0 Å². The number of amides is 1. The Morgan fingerprint density at radius 3 is 2.96 bits per heavy atom. The molecule has 0 saturated carbocycles. The summed E-state index contributed by atoms with van der Waals surface area (Å²) < 4.78 is 19.3. The van der Waals surface area contributed by atoms with E-state index in [0.717, 1.165) is 44.7 Å². The first kappa shape index (κ1) is 16.6. The van der Waals surface area contributed by atoms with Gasteiger partial charge in [-0.3, -0.25) is 4.79 Å². The van der Waals surface area contributed by atoms with Crippen LogP contribution in [0, 0.1) is 5.82 Å². The van der Waals surface area contributed by atoms with Gasteiger partial charge in [0.05, 0.1) is 24.8 Å². The van der Waals surface area contributed by atoms with Gasteiger partial charge in [0, 0.05) is 23.1 Å². The monoisotopic (exact) mass is 357 g/mol. The average molecular weight is 358 g/mol. The highest BCUT2D eigenvalue weighted by Crippen LogP contribution is 2.35. The molecule has 0 radical (unpaired) electrons. The minimum Gasteiger partial charge on any atom is -0.370 e. The van der Waals surface area contributed by atoms with E-state index in [0.29, 0.717) is 21.1 Å². The minimum absolute atomic E-state index is 0.186. The molecule has 1 aromatic heterocycles. The van der Waals surface area contributed by atoms with Crippen LogP contribution >= 0.6 is 22.9 Å². The van der Waals surface area contributed by atoms with Gasteiger partial charge in [-0.25, -0.2) is 4.39 Å². The van der Waals surface area contributed by atoms with Crippen LogP contribution < -0.4 is 10.2 Å². The lowest BCUT2D eigenvalue weighted by molar-refractivity contribution is -0.908. The molecule has 1 aromatic carbocycles. The Bertz CT molecular complexity index is 701. The van der Waals surface area contributed by atoms with Gasteiger partial charge < -0.3 is 15.0 Å². The predicted octanol–water partition coefficient (Wildman–Crippen LogP) is 1.73. The van der Waals surface area contributed by atoms with Gasteiger partial charge in [0.1, 0.15) is 23.8 Å². The normalized spacial score (nSPS) is 15.9. The number of thiophene rings is 1. The van der Waals surface area contributed by atoms with Crippen molar-refractivity contribution in [2.45, 2.75) is 6.42 Å². The van der Waals surface area contributed by atoms with Crippen LogP contribution in [0.15, 0.2) is 18.2 Å². The topological polar surface area (TPSA) is 42.8 Å². The zero-order valence-electron chi connectivity index (χ0n) is 12.7. The van der Waals surface area contributed by atoms with Crippen LogP contribution in [0.4, 0.5) is 4.39 Å². The Morgan fingerprint density at radius 1 is 1.39 bits per heavy atom. The molecular formula is C16H19ClFN2O2S+. The second-order valence-corrected chi connectivity index (χ2v) is 7.04. The van der Waals surface area contributed by atoms with Crippen LogP contribution in [-0.4, -0.2) is 45.3 Å². The first-order valence-electron chi connectivity index (χ1n) is 7.72. The smallest absolute Gasteiger partial charge is 0.262 e. The summed E-state index contributed by atoms with van der Waals surface area (Å²) in [5.41, 5.74) is 0. The van der Waals surface area contributed by atoms with Gasteiger partial charge in [-0.15, -0.1) is 11.3 Å². The number of nitrogens with one attached hydrogen (secondary N) is 2. The van der Waals surface area contributed by atoms with E-state index in [2.05, 4.69) is 5.32 Å². The molecule has 7 heteroatoms. The molecule has 0 aliphatic carbocycles. The fourth-order valence-corrected chi connectivity index (χ4v) is 4.17. The number of ether oxygens (including phenoxy) is 1. The van der Waals surface area contributed by atoms with Crippen LogP contribution in [-0.2, 0) is 4.74 Å². The van der Waals surface area contributed by atoms with Crippen LogP contribution in [0.1, 0.15) is 16.1 Å². The van der Waals surface area contributed by atoms with E-state index in [9.17, 15) is 9.18 Å². The van der Waals surface area contributed by atoms with Crippen LogP contribution in [0.5, 0.6) is 0 Å². The molecule has 2 heterocycles. The first-order chi connectivity index (χ1) is 11.1. The third-order valence-electron chi connectivity index (χ3n) is 3.99. The fraction of sp³-hybridized carbons (Fsp3) is 0.438. The quantitative estimate of drug-likeness (QED) is 0.800. The van der Waals surface area contributed by atoms with Gasteiger partial charge in [-0.1, -0.05) is 11.6 Å². The molecule has 1 aliphatic heterocycles. The molecule has 2 N–H and O–H groups in total. The van der Waals surface area contributed by atoms with Crippen molar-refractivity contribution in [2.75, 3.05) is 39.4 Å². The van der Waals surface area contributed by atoms with Crippen molar-refractivity contribution < 1.29 is 18.8 Å². The SMILES string of the molecule is O=C(NCCC[NH+]1CCOCC1)c1sc2cc(F)ccc2c1Cl. The number of quaternary nitrogens is 1. The van der Waals surface area contributed by atoms with Crippen molar-refractivity contribution in [3.8, 4) is 0 Å². The molecule has 1 fully saturated rings. The minimum atomic E-state index is -0.323. The Hall–Kier alpha value is -1.21. The lowest BCUT2D eigenvalue weighted by Gasteiger charge is -2.23. The van der Waals surface area contributed by atoms with E-state index in [4.69, 9.17) is 16.3 Å². The third kappa shape index (κ3) is 4.01. The van der Waals surface area contributed by atoms with Crippen LogP contribution in [0.2, 0.25) is 5.02 Å². The molecule has 124 valence electrons. The summed E-state index contributed by atoms with van der Waals surface area (Å²) >= 11 is 7.47. The number of carbonyl (C=O) groups is 1. The highest BCUT2D eigenvalue weighted by Gasteiger charge is 2.18. The Balaban J connectivity index is 1.54. The number of halogens is 2. The van der Waals surface area contributed by atoms with E-state index >= 15 is 0 Å². The molecule has 2 aromatic rings. The molecule has 1 amide bonds. The first-order valence-corrected chi connectivity index (χ1v) is 8.91. The maximum atomic E-state index is 13.3. The highest BCUT2D eigenvalue weighted by molar-refractivity contribution is 7.21. The van der Waals surface area contributed by atoms with Gasteiger partial charge in [-0.2, -0.15) is 0 Å². The van der Waals surface area contributed by atoms with Crippen molar-refractivity contribution in [2.24, 2.45) is 0 Å². The second-order valence-electron chi connectivity index (χ2n) is 5.61. The summed E-state index contributed by atoms with van der Waals surface area (Å²) in [7, 11) is 0. The highest BCUT2D eigenvalue weighted by atomic mass is 35.5. The number of morpholine rings is 1. The number of fused-ring (bicyclic) bond motifs is 1. The molecule has 0 atom stereocenters. The molecule has 0 unspecified atom stereocenters. The molecule has 1 saturated heterocycles. The van der Waals surface area contributed by atoms with Crippen LogP contribution in [0.25, 0.3) is 10.1 Å². The summed E-state index contributed by atoms with van der Waals surface area (Å²) in [6.07, 6.45) is 0.915. The van der Waals surface area contributed by atoms with Crippen molar-refractivity contribution in [3.63, 3.8) is 0 Å². The Labute approximate surface area is 143 Å². The molecule has 3 rings (SSSR count). The van der Waals surface area contributed by atoms with Gasteiger partial charge in [-0.05, 0) is 18.2 Å². The van der Waals surface area contributed by atoms with Crippen molar-refractivity contribution in [1.29, 1.82) is 0 Å². The molecule has 1 aliphatic rings. The number of benzene rings is 1. The molecule has 0 spiro atoms. The second kappa shape index (κ2) is 7.57. The predicted molar refractivity (Wildman–Crippen MR) is 90.1 cm³/mol. The summed E-state index contributed by atoms with van der Waals surface area (Å²) in [6.45, 7) is 5.33. The fourth-order valence-electron chi connectivity index (χ4n) is 2.72.